The van der Waals surface area contributed by atoms with E-state index in [-0.39, 0.29) is 0 Å². The first kappa shape index (κ1) is 20.1. The summed E-state index contributed by atoms with van der Waals surface area (Å²) >= 11 is 5.41. The van der Waals surface area contributed by atoms with Crippen molar-refractivity contribution < 1.29 is 8.42 Å². The van der Waals surface area contributed by atoms with Gasteiger partial charge in [-0.25, -0.2) is 8.42 Å². The summed E-state index contributed by atoms with van der Waals surface area (Å²) in [7, 11) is 0.580. The Morgan fingerprint density at radius 2 is 1.84 bits per heavy atom. The molecule has 1 aromatic carbocycles. The maximum atomic E-state index is 12.9. The molecule has 0 spiro atoms. The number of rotatable bonds is 5. The van der Waals surface area contributed by atoms with Crippen molar-refractivity contribution in [1.82, 2.24) is 19.4 Å². The van der Waals surface area contributed by atoms with Crippen molar-refractivity contribution in [2.24, 2.45) is 0 Å². The highest BCUT2D eigenvalue weighted by atomic mass is 32.2. The highest BCUT2D eigenvalue weighted by Gasteiger charge is 2.30. The first-order chi connectivity index (χ1) is 11.7. The molecular weight excluding hydrogens is 356 g/mol. The number of benzene rings is 1. The summed E-state index contributed by atoms with van der Waals surface area (Å²) in [5.41, 5.74) is 1.86. The lowest BCUT2D eigenvalue weighted by Crippen LogP contribution is -2.53. The van der Waals surface area contributed by atoms with E-state index in [1.165, 1.54) is 0 Å². The van der Waals surface area contributed by atoms with Gasteiger partial charge < -0.3 is 15.1 Å². The van der Waals surface area contributed by atoms with Gasteiger partial charge in [-0.15, -0.1) is 0 Å². The molecule has 0 bridgehead atoms. The zero-order chi connectivity index (χ0) is 18.6. The van der Waals surface area contributed by atoms with Crippen LogP contribution in [0.25, 0.3) is 0 Å². The van der Waals surface area contributed by atoms with Gasteiger partial charge in [0, 0.05) is 39.3 Å². The van der Waals surface area contributed by atoms with Gasteiger partial charge in [0.2, 0.25) is 10.0 Å². The van der Waals surface area contributed by atoms with Gasteiger partial charge in [0.1, 0.15) is 0 Å². The molecule has 1 aliphatic rings. The Morgan fingerprint density at radius 3 is 2.40 bits per heavy atom. The van der Waals surface area contributed by atoms with Crippen LogP contribution in [-0.2, 0) is 10.0 Å². The molecule has 1 aromatic rings. The minimum atomic E-state index is -3.45. The molecule has 1 fully saturated rings. The third-order valence-corrected chi connectivity index (χ3v) is 6.77. The van der Waals surface area contributed by atoms with Crippen LogP contribution in [0.1, 0.15) is 11.1 Å². The molecule has 1 N–H and O–H groups in total. The Kier molecular flexibility index (Phi) is 6.79. The Bertz CT molecular complexity index is 711. The van der Waals surface area contributed by atoms with Crippen LogP contribution in [0, 0.1) is 13.8 Å². The van der Waals surface area contributed by atoms with E-state index >= 15 is 0 Å². The molecule has 140 valence electrons. The number of piperazine rings is 1. The van der Waals surface area contributed by atoms with Crippen molar-refractivity contribution in [2.75, 3.05) is 53.4 Å². The van der Waals surface area contributed by atoms with Crippen molar-refractivity contribution in [3.05, 3.63) is 29.3 Å². The fourth-order valence-corrected chi connectivity index (χ4v) is 4.77. The van der Waals surface area contributed by atoms with Gasteiger partial charge in [0.05, 0.1) is 4.90 Å². The standard InChI is InChI=1S/C17H28N4O2S2/c1-14-5-6-16(15(2)13-14)25(22,23)21-11-9-20(10-12-21)17(24)18-7-8-19(3)4/h5-6,13H,7-12H2,1-4H3,(H,18,24). The molecule has 0 atom stereocenters. The number of hydrogen-bond donors (Lipinski definition) is 1. The van der Waals surface area contributed by atoms with E-state index < -0.39 is 10.0 Å². The number of thiocarbonyl (C=S) groups is 1. The second-order valence-corrected chi connectivity index (χ2v) is 8.99. The van der Waals surface area contributed by atoms with Gasteiger partial charge >= 0.3 is 0 Å². The zero-order valence-electron chi connectivity index (χ0n) is 15.4. The molecular formula is C17H28N4O2S2. The highest BCUT2D eigenvalue weighted by Crippen LogP contribution is 2.22. The van der Waals surface area contributed by atoms with E-state index in [0.717, 1.165) is 24.2 Å². The Balaban J connectivity index is 1.96. The molecule has 1 heterocycles. The molecule has 2 rings (SSSR count). The number of likely N-dealkylation sites (N-methyl/N-ethyl adjacent to an activating group) is 1. The topological polar surface area (TPSA) is 55.9 Å². The molecule has 0 unspecified atom stereocenters. The normalized spacial score (nSPS) is 16.3. The molecule has 6 nitrogen and oxygen atoms in total. The smallest absolute Gasteiger partial charge is 0.243 e. The maximum absolute atomic E-state index is 12.9. The number of hydrogen-bond acceptors (Lipinski definition) is 4. The Morgan fingerprint density at radius 1 is 1.20 bits per heavy atom. The van der Waals surface area contributed by atoms with Crippen LogP contribution in [0.5, 0.6) is 0 Å². The first-order valence-electron chi connectivity index (χ1n) is 8.46. The molecule has 0 aliphatic carbocycles. The third kappa shape index (κ3) is 5.13. The molecule has 0 saturated carbocycles. The van der Waals surface area contributed by atoms with Crippen LogP contribution in [0.4, 0.5) is 0 Å². The predicted octanol–water partition coefficient (Wildman–Crippen LogP) is 1.05. The minimum Gasteiger partial charge on any atom is -0.361 e. The fourth-order valence-electron chi connectivity index (χ4n) is 2.86. The quantitative estimate of drug-likeness (QED) is 0.766. The lowest BCUT2D eigenvalue weighted by molar-refractivity contribution is 0.263. The largest absolute Gasteiger partial charge is 0.361 e. The SMILES string of the molecule is Cc1ccc(S(=O)(=O)N2CCN(C(=S)NCCN(C)C)CC2)c(C)c1. The van der Waals surface area contributed by atoms with Crippen LogP contribution >= 0.6 is 12.2 Å². The monoisotopic (exact) mass is 384 g/mol. The fraction of sp³-hybridized carbons (Fsp3) is 0.588. The van der Waals surface area contributed by atoms with Gasteiger partial charge in [-0.1, -0.05) is 17.7 Å². The number of nitrogens with zero attached hydrogens (tertiary/aromatic N) is 3. The van der Waals surface area contributed by atoms with Gasteiger partial charge in [-0.3, -0.25) is 0 Å². The van der Waals surface area contributed by atoms with Gasteiger partial charge in [-0.2, -0.15) is 4.31 Å². The lowest BCUT2D eigenvalue weighted by Gasteiger charge is -2.35. The van der Waals surface area contributed by atoms with E-state index in [1.807, 2.05) is 45.0 Å². The number of aryl methyl sites for hydroxylation is 2. The molecule has 0 aromatic heterocycles. The lowest BCUT2D eigenvalue weighted by atomic mass is 10.2. The van der Waals surface area contributed by atoms with E-state index in [9.17, 15) is 8.42 Å². The molecule has 0 radical (unpaired) electrons. The minimum absolute atomic E-state index is 0.401. The highest BCUT2D eigenvalue weighted by molar-refractivity contribution is 7.89. The Labute approximate surface area is 156 Å². The van der Waals surface area contributed by atoms with Crippen LogP contribution in [0.15, 0.2) is 23.1 Å². The van der Waals surface area contributed by atoms with Gasteiger partial charge in [0.25, 0.3) is 0 Å². The molecule has 25 heavy (non-hydrogen) atoms. The summed E-state index contributed by atoms with van der Waals surface area (Å²) in [6.45, 7) is 7.62. The molecule has 1 aliphatic heterocycles. The summed E-state index contributed by atoms with van der Waals surface area (Å²) in [6, 6.07) is 5.46. The summed E-state index contributed by atoms with van der Waals surface area (Å²) in [4.78, 5) is 4.53. The Hall–Kier alpha value is -1.22. The average Bonchev–Trinajstić information content (AvgIpc) is 2.54. The van der Waals surface area contributed by atoms with Crippen molar-refractivity contribution in [3.63, 3.8) is 0 Å². The van der Waals surface area contributed by atoms with Crippen LogP contribution in [0.3, 0.4) is 0 Å². The van der Waals surface area contributed by atoms with Crippen molar-refractivity contribution in [3.8, 4) is 0 Å². The second-order valence-electron chi connectivity index (χ2n) is 6.70. The second kappa shape index (κ2) is 8.44. The van der Waals surface area contributed by atoms with E-state index in [0.29, 0.717) is 36.2 Å². The summed E-state index contributed by atoms with van der Waals surface area (Å²) < 4.78 is 27.4. The summed E-state index contributed by atoms with van der Waals surface area (Å²) in [6.07, 6.45) is 0. The number of nitrogens with one attached hydrogen (secondary N) is 1. The predicted molar refractivity (Wildman–Crippen MR) is 105 cm³/mol. The number of sulfonamides is 1. The molecule has 1 saturated heterocycles. The first-order valence-corrected chi connectivity index (χ1v) is 10.3. The van der Waals surface area contributed by atoms with Crippen LogP contribution < -0.4 is 5.32 Å². The zero-order valence-corrected chi connectivity index (χ0v) is 17.1. The van der Waals surface area contributed by atoms with Gasteiger partial charge in [-0.05, 0) is 51.8 Å². The van der Waals surface area contributed by atoms with Crippen LogP contribution in [-0.4, -0.2) is 81.0 Å². The molecule has 0 amide bonds. The van der Waals surface area contributed by atoms with E-state index in [2.05, 4.69) is 10.2 Å². The molecule has 8 heteroatoms. The van der Waals surface area contributed by atoms with E-state index in [1.54, 1.807) is 10.4 Å². The maximum Gasteiger partial charge on any atom is 0.243 e. The van der Waals surface area contributed by atoms with Crippen molar-refractivity contribution in [2.45, 2.75) is 18.7 Å². The summed E-state index contributed by atoms with van der Waals surface area (Å²) in [5.74, 6) is 0. The van der Waals surface area contributed by atoms with E-state index in [4.69, 9.17) is 12.2 Å². The van der Waals surface area contributed by atoms with Gasteiger partial charge in [0.15, 0.2) is 5.11 Å². The average molecular weight is 385 g/mol. The summed E-state index contributed by atoms with van der Waals surface area (Å²) in [5, 5.41) is 3.93. The van der Waals surface area contributed by atoms with Crippen molar-refractivity contribution >= 4 is 27.4 Å². The van der Waals surface area contributed by atoms with Crippen molar-refractivity contribution in [1.29, 1.82) is 0 Å². The third-order valence-electron chi connectivity index (χ3n) is 4.31. The van der Waals surface area contributed by atoms with Crippen LogP contribution in [0.2, 0.25) is 0 Å².